The van der Waals surface area contributed by atoms with E-state index in [2.05, 4.69) is 15.3 Å². The van der Waals surface area contributed by atoms with Gasteiger partial charge >= 0.3 is 6.18 Å². The molecule has 0 aliphatic heterocycles. The molecule has 4 heterocycles. The Morgan fingerprint density at radius 1 is 1.21 bits per heavy atom. The Hall–Kier alpha value is -2.96. The lowest BCUT2D eigenvalue weighted by atomic mass is 10.3. The molecule has 4 aromatic rings. The van der Waals surface area contributed by atoms with Crippen molar-refractivity contribution in [3.8, 4) is 10.6 Å². The molecule has 0 unspecified atom stereocenters. The number of aryl methyl sites for hydroxylation is 1. The first-order chi connectivity index (χ1) is 13.8. The van der Waals surface area contributed by atoms with E-state index in [-0.39, 0.29) is 5.65 Å². The molecule has 29 heavy (non-hydrogen) atoms. The van der Waals surface area contributed by atoms with E-state index in [0.717, 1.165) is 33.1 Å². The van der Waals surface area contributed by atoms with Gasteiger partial charge in [-0.05, 0) is 31.2 Å². The van der Waals surface area contributed by atoms with E-state index < -0.39 is 17.8 Å². The Morgan fingerprint density at radius 3 is 2.72 bits per heavy atom. The zero-order chi connectivity index (χ0) is 20.8. The number of thiazole rings is 1. The number of hydrogen-bond donors (Lipinski definition) is 3. The molecule has 150 valence electrons. The molecule has 0 bridgehead atoms. The van der Waals surface area contributed by atoms with Gasteiger partial charge < -0.3 is 5.32 Å². The number of rotatable bonds is 4. The summed E-state index contributed by atoms with van der Waals surface area (Å²) < 4.78 is 41.6. The molecule has 0 atom stereocenters. The highest BCUT2D eigenvalue weighted by molar-refractivity contribution is 7.20. The standard InChI is InChI=1S/C17H12F3N5O2S2/c1-8-14(25-11(17(18,19)20)3-2-4-12(25)22-8)10-7-21-16(29-10)23-13-6-5-9(28-13)15(26)24-27/h2-7,27H,1H3,(H,21,23)(H,24,26). The molecular formula is C17H12F3N5O2S2. The number of nitrogens with zero attached hydrogens (tertiary/aromatic N) is 3. The predicted octanol–water partition coefficient (Wildman–Crippen LogP) is 4.71. The Labute approximate surface area is 169 Å². The van der Waals surface area contributed by atoms with Crippen molar-refractivity contribution in [2.24, 2.45) is 0 Å². The lowest BCUT2D eigenvalue weighted by Gasteiger charge is -2.11. The number of alkyl halides is 3. The van der Waals surface area contributed by atoms with E-state index in [4.69, 9.17) is 5.21 Å². The van der Waals surface area contributed by atoms with Gasteiger partial charge in [-0.25, -0.2) is 15.4 Å². The van der Waals surface area contributed by atoms with Crippen LogP contribution in [0.3, 0.4) is 0 Å². The minimum atomic E-state index is -4.53. The van der Waals surface area contributed by atoms with Gasteiger partial charge in [-0.1, -0.05) is 17.4 Å². The minimum absolute atomic E-state index is 0.202. The molecule has 0 fully saturated rings. The van der Waals surface area contributed by atoms with Gasteiger partial charge in [0.05, 0.1) is 26.1 Å². The number of halogens is 3. The highest BCUT2D eigenvalue weighted by atomic mass is 32.1. The maximum absolute atomic E-state index is 13.5. The maximum atomic E-state index is 13.5. The molecule has 4 aromatic heterocycles. The van der Waals surface area contributed by atoms with Gasteiger partial charge in [0.25, 0.3) is 5.91 Å². The number of hydroxylamine groups is 1. The molecular weight excluding hydrogens is 427 g/mol. The van der Waals surface area contributed by atoms with Crippen LogP contribution in [0.2, 0.25) is 0 Å². The lowest BCUT2D eigenvalue weighted by Crippen LogP contribution is -2.16. The topological polar surface area (TPSA) is 91.5 Å². The first-order valence-corrected chi connectivity index (χ1v) is 9.74. The maximum Gasteiger partial charge on any atom is 0.431 e. The summed E-state index contributed by atoms with van der Waals surface area (Å²) in [5.74, 6) is -0.635. The van der Waals surface area contributed by atoms with Crippen LogP contribution in [0.5, 0.6) is 0 Å². The van der Waals surface area contributed by atoms with Crippen LogP contribution in [0, 0.1) is 6.92 Å². The van der Waals surface area contributed by atoms with Crippen molar-refractivity contribution in [1.29, 1.82) is 0 Å². The van der Waals surface area contributed by atoms with Crippen molar-refractivity contribution in [3.63, 3.8) is 0 Å². The molecule has 0 aliphatic carbocycles. The van der Waals surface area contributed by atoms with Crippen LogP contribution in [0.4, 0.5) is 23.3 Å². The molecule has 4 rings (SSSR count). The summed E-state index contributed by atoms with van der Waals surface area (Å²) in [7, 11) is 0. The van der Waals surface area contributed by atoms with Crippen LogP contribution in [0.25, 0.3) is 16.2 Å². The molecule has 3 N–H and O–H groups in total. The Bertz CT molecular complexity index is 1210. The van der Waals surface area contributed by atoms with E-state index in [1.807, 2.05) is 0 Å². The van der Waals surface area contributed by atoms with Crippen molar-refractivity contribution in [3.05, 3.63) is 52.8 Å². The molecule has 1 amide bonds. The monoisotopic (exact) mass is 439 g/mol. The zero-order valence-electron chi connectivity index (χ0n) is 14.6. The summed E-state index contributed by atoms with van der Waals surface area (Å²) in [6, 6.07) is 7.02. The highest BCUT2D eigenvalue weighted by Gasteiger charge is 2.35. The first-order valence-electron chi connectivity index (χ1n) is 8.10. The van der Waals surface area contributed by atoms with Crippen molar-refractivity contribution in [2.45, 2.75) is 13.1 Å². The molecule has 0 saturated heterocycles. The van der Waals surface area contributed by atoms with Gasteiger partial charge in [0.1, 0.15) is 11.3 Å². The van der Waals surface area contributed by atoms with Gasteiger partial charge in [-0.3, -0.25) is 14.4 Å². The second kappa shape index (κ2) is 7.13. The third kappa shape index (κ3) is 3.57. The minimum Gasteiger partial charge on any atom is -0.323 e. The summed E-state index contributed by atoms with van der Waals surface area (Å²) in [6.45, 7) is 1.65. The highest BCUT2D eigenvalue weighted by Crippen LogP contribution is 2.38. The number of amides is 1. The number of pyridine rings is 1. The predicted molar refractivity (Wildman–Crippen MR) is 103 cm³/mol. The van der Waals surface area contributed by atoms with Gasteiger partial charge in [-0.15, -0.1) is 11.3 Å². The summed E-state index contributed by atoms with van der Waals surface area (Å²) in [5.41, 5.74) is 1.72. The van der Waals surface area contributed by atoms with E-state index in [1.54, 1.807) is 18.5 Å². The van der Waals surface area contributed by atoms with Crippen molar-refractivity contribution in [1.82, 2.24) is 19.8 Å². The molecule has 0 aliphatic rings. The van der Waals surface area contributed by atoms with Gasteiger partial charge in [0.2, 0.25) is 0 Å². The molecule has 12 heteroatoms. The number of anilines is 2. The molecule has 0 aromatic carbocycles. The molecule has 7 nitrogen and oxygen atoms in total. The fourth-order valence-corrected chi connectivity index (χ4v) is 4.62. The second-order valence-electron chi connectivity index (χ2n) is 5.91. The summed E-state index contributed by atoms with van der Waals surface area (Å²) in [4.78, 5) is 20.7. The number of thiophene rings is 1. The number of carbonyl (C=O) groups is 1. The fourth-order valence-electron chi connectivity index (χ4n) is 2.85. The quantitative estimate of drug-likeness (QED) is 0.316. The third-order valence-electron chi connectivity index (χ3n) is 4.01. The first kappa shape index (κ1) is 19.4. The van der Waals surface area contributed by atoms with Crippen LogP contribution in [-0.4, -0.2) is 25.5 Å². The van der Waals surface area contributed by atoms with Crippen molar-refractivity contribution >= 4 is 44.4 Å². The van der Waals surface area contributed by atoms with Crippen LogP contribution >= 0.6 is 22.7 Å². The summed E-state index contributed by atoms with van der Waals surface area (Å²) >= 11 is 2.26. The zero-order valence-corrected chi connectivity index (χ0v) is 16.2. The van der Waals surface area contributed by atoms with Crippen LogP contribution < -0.4 is 10.8 Å². The summed E-state index contributed by atoms with van der Waals surface area (Å²) in [6.07, 6.45) is -3.06. The SMILES string of the molecule is Cc1nc2cccc(C(F)(F)F)n2c1-c1cnc(Nc2ccc(C(=O)NO)s2)s1. The Balaban J connectivity index is 1.71. The van der Waals surface area contributed by atoms with Crippen LogP contribution in [0.15, 0.2) is 36.5 Å². The average molecular weight is 439 g/mol. The van der Waals surface area contributed by atoms with Crippen molar-refractivity contribution < 1.29 is 23.2 Å². The third-order valence-corrected chi connectivity index (χ3v) is 5.93. The normalized spacial score (nSPS) is 11.8. The molecule has 0 spiro atoms. The number of fused-ring (bicyclic) bond motifs is 1. The smallest absolute Gasteiger partial charge is 0.323 e. The number of hydrogen-bond acceptors (Lipinski definition) is 7. The largest absolute Gasteiger partial charge is 0.431 e. The van der Waals surface area contributed by atoms with E-state index in [9.17, 15) is 18.0 Å². The molecule has 0 radical (unpaired) electrons. The van der Waals surface area contributed by atoms with Gasteiger partial charge in [0, 0.05) is 6.20 Å². The van der Waals surface area contributed by atoms with E-state index >= 15 is 0 Å². The van der Waals surface area contributed by atoms with Gasteiger partial charge in [-0.2, -0.15) is 13.2 Å². The Morgan fingerprint density at radius 2 is 2.00 bits per heavy atom. The number of nitrogens with one attached hydrogen (secondary N) is 2. The van der Waals surface area contributed by atoms with Gasteiger partial charge in [0.15, 0.2) is 5.13 Å². The number of carbonyl (C=O) groups excluding carboxylic acids is 1. The van der Waals surface area contributed by atoms with Crippen LogP contribution in [0.1, 0.15) is 21.1 Å². The van der Waals surface area contributed by atoms with E-state index in [1.165, 1.54) is 24.4 Å². The average Bonchev–Trinajstić information content (AvgIpc) is 3.38. The number of imidazole rings is 1. The second-order valence-corrected chi connectivity index (χ2v) is 8.02. The Kier molecular flexibility index (Phi) is 4.76. The van der Waals surface area contributed by atoms with Crippen LogP contribution in [-0.2, 0) is 6.18 Å². The van der Waals surface area contributed by atoms with Crippen molar-refractivity contribution in [2.75, 3.05) is 5.32 Å². The summed E-state index contributed by atoms with van der Waals surface area (Å²) in [5, 5.41) is 12.7. The molecule has 0 saturated carbocycles. The van der Waals surface area contributed by atoms with E-state index in [0.29, 0.717) is 31.3 Å². The number of aromatic nitrogens is 3. The lowest BCUT2D eigenvalue weighted by molar-refractivity contribution is -0.141. The fraction of sp³-hybridized carbons (Fsp3) is 0.118.